The number of carbonyl (C=O) groups is 1. The first-order valence-corrected chi connectivity index (χ1v) is 14.6. The number of thiophene rings is 1. The molecule has 178 valence electrons. The fourth-order valence-electron chi connectivity index (χ4n) is 2.72. The number of ether oxygens (including phenoxy) is 3. The fraction of sp³-hybridized carbons (Fsp3) is 0.542. The van der Waals surface area contributed by atoms with Crippen molar-refractivity contribution in [3.63, 3.8) is 0 Å². The number of aryl methyl sites for hydroxylation is 1. The quantitative estimate of drug-likeness (QED) is 0.271. The predicted octanol–water partition coefficient (Wildman–Crippen LogP) is 6.49. The van der Waals surface area contributed by atoms with Gasteiger partial charge in [-0.05, 0) is 49.2 Å². The highest BCUT2D eigenvalue weighted by Gasteiger charge is 2.37. The first-order chi connectivity index (χ1) is 15.0. The van der Waals surface area contributed by atoms with Gasteiger partial charge in [-0.25, -0.2) is 4.39 Å². The van der Waals surface area contributed by atoms with Crippen LogP contribution < -0.4 is 9.47 Å². The topological polar surface area (TPSA) is 54.0 Å². The van der Waals surface area contributed by atoms with Crippen LogP contribution in [0.1, 0.15) is 49.4 Å². The van der Waals surface area contributed by atoms with E-state index in [0.717, 1.165) is 15.5 Å². The Labute approximate surface area is 196 Å². The Bertz CT molecular complexity index is 904. The minimum Gasteiger partial charge on any atom is -0.495 e. The summed E-state index contributed by atoms with van der Waals surface area (Å²) < 4.78 is 36.9. The number of halogens is 1. The van der Waals surface area contributed by atoms with Gasteiger partial charge in [0.05, 0.1) is 25.2 Å². The Morgan fingerprint density at radius 3 is 2.47 bits per heavy atom. The monoisotopic (exact) mass is 482 g/mol. The Balaban J connectivity index is 1.97. The molecule has 1 heterocycles. The van der Waals surface area contributed by atoms with E-state index in [-0.39, 0.29) is 23.2 Å². The lowest BCUT2D eigenvalue weighted by molar-refractivity contribution is -0.143. The van der Waals surface area contributed by atoms with Crippen LogP contribution in [0, 0.1) is 5.82 Å². The zero-order valence-electron chi connectivity index (χ0n) is 20.2. The summed E-state index contributed by atoms with van der Waals surface area (Å²) in [5, 5.41) is 0.135. The number of hydrogen-bond donors (Lipinski definition) is 0. The number of methoxy groups -OCH3 is 1. The van der Waals surface area contributed by atoms with Crippen molar-refractivity contribution in [1.29, 1.82) is 0 Å². The van der Waals surface area contributed by atoms with E-state index in [2.05, 4.69) is 33.9 Å². The minimum atomic E-state index is -1.87. The molecule has 0 aliphatic heterocycles. The van der Waals surface area contributed by atoms with Crippen LogP contribution in [-0.2, 0) is 33.6 Å². The minimum absolute atomic E-state index is 0.135. The summed E-state index contributed by atoms with van der Waals surface area (Å²) in [5.74, 6) is 0.507. The number of hydrogen-bond acceptors (Lipinski definition) is 6. The Hall–Kier alpha value is -1.90. The van der Waals surface area contributed by atoms with Gasteiger partial charge in [-0.3, -0.25) is 4.79 Å². The number of rotatable bonds is 11. The third-order valence-corrected chi connectivity index (χ3v) is 11.3. The van der Waals surface area contributed by atoms with Gasteiger partial charge in [-0.15, -0.1) is 11.3 Å². The standard InChI is InChI=1S/C24H35FO5SSi/c1-8-28-23(26)12-10-17-9-11-18(13-20(17)25)29-15-19-14-21(27-5)22(31-19)16-30-32(6,7)24(2,3)4/h9,11,13-14H,8,10,12,15-16H2,1-7H3. The van der Waals surface area contributed by atoms with Crippen LogP contribution in [0.3, 0.4) is 0 Å². The Morgan fingerprint density at radius 2 is 1.88 bits per heavy atom. The smallest absolute Gasteiger partial charge is 0.306 e. The molecule has 1 aromatic heterocycles. The largest absolute Gasteiger partial charge is 0.495 e. The first-order valence-electron chi connectivity index (χ1n) is 10.8. The molecule has 1 aromatic carbocycles. The summed E-state index contributed by atoms with van der Waals surface area (Å²) in [4.78, 5) is 13.5. The lowest BCUT2D eigenvalue weighted by Crippen LogP contribution is -2.40. The van der Waals surface area contributed by atoms with Crippen LogP contribution in [0.15, 0.2) is 24.3 Å². The summed E-state index contributed by atoms with van der Waals surface area (Å²) in [6.07, 6.45) is 0.449. The van der Waals surface area contributed by atoms with Gasteiger partial charge in [-0.1, -0.05) is 26.8 Å². The van der Waals surface area contributed by atoms with Crippen molar-refractivity contribution >= 4 is 25.6 Å². The van der Waals surface area contributed by atoms with Crippen molar-refractivity contribution in [1.82, 2.24) is 0 Å². The maximum Gasteiger partial charge on any atom is 0.306 e. The Kier molecular flexibility index (Phi) is 9.30. The molecule has 0 atom stereocenters. The zero-order chi connectivity index (χ0) is 23.9. The first kappa shape index (κ1) is 26.4. The molecule has 0 spiro atoms. The molecule has 2 rings (SSSR count). The van der Waals surface area contributed by atoms with E-state index in [1.807, 2.05) is 6.07 Å². The van der Waals surface area contributed by atoms with Gasteiger partial charge in [0.2, 0.25) is 0 Å². The van der Waals surface area contributed by atoms with Gasteiger partial charge in [0.15, 0.2) is 8.32 Å². The summed E-state index contributed by atoms with van der Waals surface area (Å²) in [6.45, 7) is 14.0. The zero-order valence-corrected chi connectivity index (χ0v) is 22.0. The molecule has 5 nitrogen and oxygen atoms in total. The number of carbonyl (C=O) groups excluding carboxylic acids is 1. The van der Waals surface area contributed by atoms with Gasteiger partial charge in [0.25, 0.3) is 0 Å². The normalized spacial score (nSPS) is 12.0. The van der Waals surface area contributed by atoms with Crippen LogP contribution in [0.4, 0.5) is 4.39 Å². The fourth-order valence-corrected chi connectivity index (χ4v) is 4.72. The van der Waals surface area contributed by atoms with Crippen LogP contribution >= 0.6 is 11.3 Å². The van der Waals surface area contributed by atoms with Gasteiger partial charge in [0, 0.05) is 17.4 Å². The predicted molar refractivity (Wildman–Crippen MR) is 129 cm³/mol. The van der Waals surface area contributed by atoms with Gasteiger partial charge < -0.3 is 18.6 Å². The second-order valence-electron chi connectivity index (χ2n) is 9.10. The van der Waals surface area contributed by atoms with E-state index in [4.69, 9.17) is 18.6 Å². The average Bonchev–Trinajstić information content (AvgIpc) is 3.12. The molecule has 0 saturated heterocycles. The van der Waals surface area contributed by atoms with Crippen molar-refractivity contribution in [3.05, 3.63) is 45.4 Å². The molecule has 0 aliphatic carbocycles. The van der Waals surface area contributed by atoms with E-state index < -0.39 is 8.32 Å². The van der Waals surface area contributed by atoms with Crippen molar-refractivity contribution in [2.45, 2.75) is 71.9 Å². The number of esters is 1. The van der Waals surface area contributed by atoms with E-state index in [9.17, 15) is 9.18 Å². The second kappa shape index (κ2) is 11.3. The van der Waals surface area contributed by atoms with Gasteiger partial charge in [-0.2, -0.15) is 0 Å². The van der Waals surface area contributed by atoms with Crippen molar-refractivity contribution in [3.8, 4) is 11.5 Å². The molecule has 0 radical (unpaired) electrons. The molecule has 0 bridgehead atoms. The summed E-state index contributed by atoms with van der Waals surface area (Å²) in [7, 11) is -0.221. The van der Waals surface area contributed by atoms with E-state index >= 15 is 0 Å². The third kappa shape index (κ3) is 7.32. The lowest BCUT2D eigenvalue weighted by atomic mass is 10.1. The molecule has 0 fully saturated rings. The molecule has 2 aromatic rings. The van der Waals surface area contributed by atoms with E-state index in [1.54, 1.807) is 37.5 Å². The lowest BCUT2D eigenvalue weighted by Gasteiger charge is -2.36. The van der Waals surface area contributed by atoms with Crippen LogP contribution in [0.5, 0.6) is 11.5 Å². The van der Waals surface area contributed by atoms with Crippen LogP contribution in [0.25, 0.3) is 0 Å². The molecule has 0 saturated carbocycles. The molecule has 0 unspecified atom stereocenters. The van der Waals surface area contributed by atoms with Crippen LogP contribution in [0.2, 0.25) is 18.1 Å². The SMILES string of the molecule is CCOC(=O)CCc1ccc(OCc2cc(OC)c(CO[Si](C)(C)C(C)(C)C)s2)cc1F. The molecule has 0 N–H and O–H groups in total. The highest BCUT2D eigenvalue weighted by atomic mass is 32.1. The van der Waals surface area contributed by atoms with Crippen molar-refractivity contribution in [2.75, 3.05) is 13.7 Å². The number of benzene rings is 1. The maximum atomic E-state index is 14.4. The molecular formula is C24H35FO5SSi. The molecule has 8 heteroatoms. The Morgan fingerprint density at radius 1 is 1.16 bits per heavy atom. The maximum absolute atomic E-state index is 14.4. The van der Waals surface area contributed by atoms with Gasteiger partial charge in [0.1, 0.15) is 23.9 Å². The van der Waals surface area contributed by atoms with E-state index in [1.165, 1.54) is 6.07 Å². The molecular weight excluding hydrogens is 447 g/mol. The highest BCUT2D eigenvalue weighted by Crippen LogP contribution is 2.39. The highest BCUT2D eigenvalue weighted by molar-refractivity contribution is 7.12. The van der Waals surface area contributed by atoms with E-state index in [0.29, 0.717) is 37.6 Å². The molecule has 0 aliphatic rings. The molecule has 32 heavy (non-hydrogen) atoms. The summed E-state index contributed by atoms with van der Waals surface area (Å²) in [6, 6.07) is 6.67. The second-order valence-corrected chi connectivity index (χ2v) is 15.1. The van der Waals surface area contributed by atoms with Crippen LogP contribution in [-0.4, -0.2) is 28.0 Å². The summed E-state index contributed by atoms with van der Waals surface area (Å²) >= 11 is 1.58. The van der Waals surface area contributed by atoms with Crippen molar-refractivity contribution in [2.24, 2.45) is 0 Å². The summed E-state index contributed by atoms with van der Waals surface area (Å²) in [5.41, 5.74) is 0.466. The third-order valence-electron chi connectivity index (χ3n) is 5.72. The molecule has 0 amide bonds. The average molecular weight is 483 g/mol. The van der Waals surface area contributed by atoms with Gasteiger partial charge >= 0.3 is 5.97 Å². The van der Waals surface area contributed by atoms with Crippen molar-refractivity contribution < 1.29 is 27.8 Å².